The standard InChI is InChI=1S/C23H28N2O3/c1-15(2)24-23(28)22(18-8-6-5-7-9-18)25-21(27)13-12-20(26)19-11-10-16(3)17(4)14-19/h5-11,14-15,22H,12-13H2,1-4H3,(H,24,28)(H,25,27). The average Bonchev–Trinajstić information content (AvgIpc) is 2.66. The van der Waals surface area contributed by atoms with Crippen molar-refractivity contribution in [2.75, 3.05) is 0 Å². The van der Waals surface area contributed by atoms with Gasteiger partial charge in [0.25, 0.3) is 0 Å². The van der Waals surface area contributed by atoms with Crippen LogP contribution < -0.4 is 10.6 Å². The molecule has 5 nitrogen and oxygen atoms in total. The third-order valence-corrected chi connectivity index (χ3v) is 4.54. The largest absolute Gasteiger partial charge is 0.352 e. The Morgan fingerprint density at radius 1 is 0.857 bits per heavy atom. The van der Waals surface area contributed by atoms with Crippen LogP contribution in [0.25, 0.3) is 0 Å². The molecule has 0 aliphatic heterocycles. The highest BCUT2D eigenvalue weighted by Crippen LogP contribution is 2.15. The van der Waals surface area contributed by atoms with E-state index in [1.807, 2.05) is 58.0 Å². The lowest BCUT2D eigenvalue weighted by Gasteiger charge is -2.20. The summed E-state index contributed by atoms with van der Waals surface area (Å²) in [7, 11) is 0. The minimum atomic E-state index is -0.784. The molecule has 1 unspecified atom stereocenters. The minimum Gasteiger partial charge on any atom is -0.352 e. The van der Waals surface area contributed by atoms with Gasteiger partial charge in [-0.25, -0.2) is 0 Å². The van der Waals surface area contributed by atoms with Gasteiger partial charge in [0.05, 0.1) is 0 Å². The van der Waals surface area contributed by atoms with Crippen LogP contribution in [0.3, 0.4) is 0 Å². The van der Waals surface area contributed by atoms with Crippen LogP contribution in [0, 0.1) is 13.8 Å². The number of carbonyl (C=O) groups is 3. The molecule has 2 rings (SSSR count). The number of rotatable bonds is 8. The smallest absolute Gasteiger partial charge is 0.247 e. The molecular weight excluding hydrogens is 352 g/mol. The van der Waals surface area contributed by atoms with Gasteiger partial charge in [0.1, 0.15) is 6.04 Å². The van der Waals surface area contributed by atoms with E-state index < -0.39 is 6.04 Å². The lowest BCUT2D eigenvalue weighted by atomic mass is 10.0. The number of nitrogens with one attached hydrogen (secondary N) is 2. The molecule has 0 fully saturated rings. The second-order valence-electron chi connectivity index (χ2n) is 7.30. The van der Waals surface area contributed by atoms with Crippen LogP contribution in [-0.2, 0) is 9.59 Å². The van der Waals surface area contributed by atoms with Gasteiger partial charge < -0.3 is 10.6 Å². The van der Waals surface area contributed by atoms with E-state index in [-0.39, 0.29) is 36.5 Å². The molecule has 2 amide bonds. The number of carbonyl (C=O) groups excluding carboxylic acids is 3. The van der Waals surface area contributed by atoms with Gasteiger partial charge in [0, 0.05) is 24.4 Å². The van der Waals surface area contributed by atoms with Crippen LogP contribution in [0.2, 0.25) is 0 Å². The van der Waals surface area contributed by atoms with E-state index in [0.717, 1.165) is 11.1 Å². The molecule has 28 heavy (non-hydrogen) atoms. The molecule has 0 spiro atoms. The van der Waals surface area contributed by atoms with Gasteiger partial charge in [-0.1, -0.05) is 42.5 Å². The van der Waals surface area contributed by atoms with Crippen LogP contribution in [0.1, 0.15) is 59.8 Å². The highest BCUT2D eigenvalue weighted by atomic mass is 16.2. The Hall–Kier alpha value is -2.95. The van der Waals surface area contributed by atoms with Crippen LogP contribution in [-0.4, -0.2) is 23.6 Å². The third kappa shape index (κ3) is 6.05. The number of ketones is 1. The van der Waals surface area contributed by atoms with Crippen molar-refractivity contribution in [1.29, 1.82) is 0 Å². The first-order valence-electron chi connectivity index (χ1n) is 9.53. The van der Waals surface area contributed by atoms with E-state index in [0.29, 0.717) is 11.1 Å². The van der Waals surface area contributed by atoms with E-state index in [1.165, 1.54) is 0 Å². The molecule has 0 aromatic heterocycles. The molecule has 0 saturated carbocycles. The molecular formula is C23H28N2O3. The van der Waals surface area contributed by atoms with Gasteiger partial charge >= 0.3 is 0 Å². The summed E-state index contributed by atoms with van der Waals surface area (Å²) in [6.45, 7) is 7.67. The predicted octanol–water partition coefficient (Wildman–Crippen LogP) is 3.65. The summed E-state index contributed by atoms with van der Waals surface area (Å²) < 4.78 is 0. The Bertz CT molecular complexity index is 844. The number of hydrogen-bond donors (Lipinski definition) is 2. The Balaban J connectivity index is 2.01. The number of benzene rings is 2. The molecule has 0 radical (unpaired) electrons. The van der Waals surface area contributed by atoms with Crippen molar-refractivity contribution in [3.8, 4) is 0 Å². The van der Waals surface area contributed by atoms with Gasteiger partial charge in [-0.05, 0) is 50.5 Å². The van der Waals surface area contributed by atoms with E-state index in [9.17, 15) is 14.4 Å². The summed E-state index contributed by atoms with van der Waals surface area (Å²) in [5.41, 5.74) is 3.48. The van der Waals surface area contributed by atoms with E-state index in [1.54, 1.807) is 18.2 Å². The second kappa shape index (κ2) is 9.83. The Morgan fingerprint density at radius 2 is 1.54 bits per heavy atom. The Labute approximate surface area is 166 Å². The Kier molecular flexibility index (Phi) is 7.50. The lowest BCUT2D eigenvalue weighted by Crippen LogP contribution is -2.42. The number of aryl methyl sites for hydroxylation is 2. The second-order valence-corrected chi connectivity index (χ2v) is 7.30. The molecule has 2 aromatic rings. The third-order valence-electron chi connectivity index (χ3n) is 4.54. The summed E-state index contributed by atoms with van der Waals surface area (Å²) in [4.78, 5) is 37.3. The zero-order chi connectivity index (χ0) is 20.7. The molecule has 2 N–H and O–H groups in total. The van der Waals surface area contributed by atoms with Gasteiger partial charge in [-0.2, -0.15) is 0 Å². The number of hydrogen-bond acceptors (Lipinski definition) is 3. The lowest BCUT2D eigenvalue weighted by molar-refractivity contribution is -0.129. The van der Waals surface area contributed by atoms with Crippen molar-refractivity contribution in [1.82, 2.24) is 10.6 Å². The Morgan fingerprint density at radius 3 is 2.14 bits per heavy atom. The highest BCUT2D eigenvalue weighted by Gasteiger charge is 2.23. The first kappa shape index (κ1) is 21.4. The van der Waals surface area contributed by atoms with Crippen LogP contribution in [0.15, 0.2) is 48.5 Å². The molecule has 1 atom stereocenters. The van der Waals surface area contributed by atoms with Gasteiger partial charge in [0.2, 0.25) is 11.8 Å². The number of Topliss-reactive ketones (excluding diaryl/α,β-unsaturated/α-hetero) is 1. The first-order valence-corrected chi connectivity index (χ1v) is 9.53. The first-order chi connectivity index (χ1) is 13.3. The topological polar surface area (TPSA) is 75.3 Å². The van der Waals surface area contributed by atoms with Crippen molar-refractivity contribution in [3.05, 3.63) is 70.8 Å². The molecule has 5 heteroatoms. The maximum atomic E-state index is 12.5. The molecule has 0 bridgehead atoms. The van der Waals surface area contributed by atoms with E-state index in [4.69, 9.17) is 0 Å². The van der Waals surface area contributed by atoms with Crippen molar-refractivity contribution in [2.45, 2.75) is 52.6 Å². The quantitative estimate of drug-likeness (QED) is 0.687. The molecule has 0 heterocycles. The van der Waals surface area contributed by atoms with Gasteiger partial charge in [-0.15, -0.1) is 0 Å². The highest BCUT2D eigenvalue weighted by molar-refractivity contribution is 5.98. The summed E-state index contributed by atoms with van der Waals surface area (Å²) in [5.74, 6) is -0.680. The molecule has 0 aliphatic carbocycles. The van der Waals surface area contributed by atoms with Gasteiger partial charge in [0.15, 0.2) is 5.78 Å². The average molecular weight is 380 g/mol. The van der Waals surface area contributed by atoms with E-state index >= 15 is 0 Å². The van der Waals surface area contributed by atoms with Crippen molar-refractivity contribution in [3.63, 3.8) is 0 Å². The molecule has 0 aliphatic rings. The van der Waals surface area contributed by atoms with Crippen LogP contribution in [0.5, 0.6) is 0 Å². The van der Waals surface area contributed by atoms with Gasteiger partial charge in [-0.3, -0.25) is 14.4 Å². The molecule has 2 aromatic carbocycles. The van der Waals surface area contributed by atoms with Crippen molar-refractivity contribution >= 4 is 17.6 Å². The predicted molar refractivity (Wildman–Crippen MR) is 110 cm³/mol. The van der Waals surface area contributed by atoms with Crippen LogP contribution in [0.4, 0.5) is 0 Å². The summed E-state index contributed by atoms with van der Waals surface area (Å²) in [6, 6.07) is 13.8. The fourth-order valence-corrected chi connectivity index (χ4v) is 2.83. The maximum Gasteiger partial charge on any atom is 0.247 e. The van der Waals surface area contributed by atoms with Crippen molar-refractivity contribution < 1.29 is 14.4 Å². The fraction of sp³-hybridized carbons (Fsp3) is 0.348. The summed E-state index contributed by atoms with van der Waals surface area (Å²) >= 11 is 0. The monoisotopic (exact) mass is 380 g/mol. The fourth-order valence-electron chi connectivity index (χ4n) is 2.83. The zero-order valence-corrected chi connectivity index (χ0v) is 16.9. The van der Waals surface area contributed by atoms with E-state index in [2.05, 4.69) is 10.6 Å². The maximum absolute atomic E-state index is 12.5. The normalized spacial score (nSPS) is 11.8. The zero-order valence-electron chi connectivity index (χ0n) is 16.9. The minimum absolute atomic E-state index is 0.0318. The molecule has 0 saturated heterocycles. The number of amides is 2. The summed E-state index contributed by atoms with van der Waals surface area (Å²) in [6.07, 6.45) is 0.131. The summed E-state index contributed by atoms with van der Waals surface area (Å²) in [5, 5.41) is 5.59. The molecule has 148 valence electrons. The SMILES string of the molecule is Cc1ccc(C(=O)CCC(=O)NC(C(=O)NC(C)C)c2ccccc2)cc1C. The van der Waals surface area contributed by atoms with Crippen molar-refractivity contribution in [2.24, 2.45) is 0 Å². The van der Waals surface area contributed by atoms with Crippen LogP contribution >= 0.6 is 0 Å².